The Morgan fingerprint density at radius 2 is 2.00 bits per heavy atom. The first kappa shape index (κ1) is 18.0. The van der Waals surface area contributed by atoms with Crippen LogP contribution in [0.5, 0.6) is 5.75 Å². The molecule has 27 heavy (non-hydrogen) atoms. The second kappa shape index (κ2) is 7.58. The predicted molar refractivity (Wildman–Crippen MR) is 105 cm³/mol. The fraction of sp³-hybridized carbons (Fsp3) is 0.0952. The lowest BCUT2D eigenvalue weighted by Gasteiger charge is -2.15. The topological polar surface area (TPSA) is 101 Å². The van der Waals surface area contributed by atoms with E-state index >= 15 is 0 Å². The molecule has 6 nitrogen and oxygen atoms in total. The second-order valence-electron chi connectivity index (χ2n) is 5.94. The van der Waals surface area contributed by atoms with Gasteiger partial charge in [0.2, 0.25) is 0 Å². The maximum Gasteiger partial charge on any atom is 0.267 e. The summed E-state index contributed by atoms with van der Waals surface area (Å²) in [6.45, 7) is 4.02. The molecular formula is C21H18N4O2. The lowest BCUT2D eigenvalue weighted by atomic mass is 10.00. The normalized spacial score (nSPS) is 10.2. The summed E-state index contributed by atoms with van der Waals surface area (Å²) in [6.07, 6.45) is 1.56. The Hall–Kier alpha value is -3.85. The number of primary amides is 1. The average Bonchev–Trinajstić information content (AvgIpc) is 2.71. The van der Waals surface area contributed by atoms with Crippen LogP contribution in [0.2, 0.25) is 0 Å². The largest absolute Gasteiger partial charge is 0.495 e. The number of benzene rings is 2. The quantitative estimate of drug-likeness (QED) is 0.657. The summed E-state index contributed by atoms with van der Waals surface area (Å²) in [4.78, 5) is 15.4. The van der Waals surface area contributed by atoms with Crippen molar-refractivity contribution in [2.75, 3.05) is 19.0 Å². The van der Waals surface area contributed by atoms with Crippen molar-refractivity contribution in [1.82, 2.24) is 4.98 Å². The number of ether oxygens (including phenoxy) is 1. The van der Waals surface area contributed by atoms with Crippen LogP contribution in [0.3, 0.4) is 0 Å². The summed E-state index contributed by atoms with van der Waals surface area (Å²) in [5.74, 6) is 0.0922. The van der Waals surface area contributed by atoms with Crippen LogP contribution < -0.4 is 15.8 Å². The Labute approximate surface area is 156 Å². The number of nitriles is 1. The third-order valence-electron chi connectivity index (χ3n) is 4.19. The number of anilines is 1. The smallest absolute Gasteiger partial charge is 0.267 e. The van der Waals surface area contributed by atoms with E-state index in [0.717, 1.165) is 27.6 Å². The van der Waals surface area contributed by atoms with Crippen LogP contribution in [0, 0.1) is 11.3 Å². The van der Waals surface area contributed by atoms with Crippen molar-refractivity contribution in [3.63, 3.8) is 0 Å². The van der Waals surface area contributed by atoms with Gasteiger partial charge in [0.25, 0.3) is 5.91 Å². The van der Waals surface area contributed by atoms with Gasteiger partial charge in [-0.2, -0.15) is 5.26 Å². The molecule has 0 atom stereocenters. The highest BCUT2D eigenvalue weighted by molar-refractivity contribution is 6.00. The van der Waals surface area contributed by atoms with Crippen molar-refractivity contribution in [2.45, 2.75) is 0 Å². The Kier molecular flexibility index (Phi) is 5.04. The van der Waals surface area contributed by atoms with Crippen LogP contribution in [-0.2, 0) is 0 Å². The van der Waals surface area contributed by atoms with Crippen LogP contribution in [0.15, 0.2) is 60.8 Å². The van der Waals surface area contributed by atoms with E-state index in [9.17, 15) is 4.79 Å². The van der Waals surface area contributed by atoms with E-state index in [1.165, 1.54) is 0 Å². The third-order valence-corrected chi connectivity index (χ3v) is 4.19. The maximum atomic E-state index is 11.4. The Morgan fingerprint density at radius 3 is 2.70 bits per heavy atom. The molecule has 3 aromatic rings. The highest BCUT2D eigenvalue weighted by Gasteiger charge is 2.11. The van der Waals surface area contributed by atoms with Crippen molar-refractivity contribution >= 4 is 22.4 Å². The molecule has 3 N–H and O–H groups in total. The van der Waals surface area contributed by atoms with Crippen LogP contribution in [-0.4, -0.2) is 24.5 Å². The van der Waals surface area contributed by atoms with Gasteiger partial charge in [-0.3, -0.25) is 9.78 Å². The molecule has 6 heteroatoms. The highest BCUT2D eigenvalue weighted by Crippen LogP contribution is 2.36. The number of nitrogens with zero attached hydrogens (tertiary/aromatic N) is 2. The van der Waals surface area contributed by atoms with E-state index < -0.39 is 5.91 Å². The SMILES string of the molecule is C=C(C#N)CNc1c(OC)ccc2ccc(-c3ccnc(C(N)=O)c3)cc12. The minimum atomic E-state index is -0.573. The standard InChI is InChI=1S/C21H18N4O2/c1-13(11-22)12-25-20-17-9-15(4-3-14(17)5-6-19(20)27-2)16-7-8-24-18(10-16)21(23)26/h3-10,25H,1,12H2,2H3,(H2,23,26). The molecule has 0 saturated heterocycles. The third kappa shape index (κ3) is 3.72. The van der Waals surface area contributed by atoms with Crippen molar-refractivity contribution in [3.05, 3.63) is 66.5 Å². The molecule has 0 fully saturated rings. The van der Waals surface area contributed by atoms with Crippen LogP contribution >= 0.6 is 0 Å². The summed E-state index contributed by atoms with van der Waals surface area (Å²) in [7, 11) is 1.59. The summed E-state index contributed by atoms with van der Waals surface area (Å²) in [5, 5.41) is 14.1. The van der Waals surface area contributed by atoms with Crippen molar-refractivity contribution in [3.8, 4) is 22.9 Å². The zero-order valence-electron chi connectivity index (χ0n) is 14.8. The van der Waals surface area contributed by atoms with Crippen LogP contribution in [0.1, 0.15) is 10.5 Å². The van der Waals surface area contributed by atoms with Gasteiger partial charge in [-0.25, -0.2) is 0 Å². The molecule has 0 aliphatic carbocycles. The van der Waals surface area contributed by atoms with Gasteiger partial charge < -0.3 is 15.8 Å². The molecule has 0 radical (unpaired) electrons. The molecule has 0 spiro atoms. The number of aromatic nitrogens is 1. The minimum Gasteiger partial charge on any atom is -0.495 e. The number of nitrogens with two attached hydrogens (primary N) is 1. The molecule has 1 heterocycles. The molecule has 3 rings (SSSR count). The number of carbonyl (C=O) groups is 1. The molecular weight excluding hydrogens is 340 g/mol. The minimum absolute atomic E-state index is 0.210. The van der Waals surface area contributed by atoms with Gasteiger partial charge in [0.1, 0.15) is 11.4 Å². The lowest BCUT2D eigenvalue weighted by molar-refractivity contribution is 0.0995. The highest BCUT2D eigenvalue weighted by atomic mass is 16.5. The van der Waals surface area contributed by atoms with E-state index in [4.69, 9.17) is 15.7 Å². The molecule has 2 aromatic carbocycles. The number of fused-ring (bicyclic) bond motifs is 1. The molecule has 134 valence electrons. The van der Waals surface area contributed by atoms with E-state index in [1.54, 1.807) is 19.4 Å². The van der Waals surface area contributed by atoms with Gasteiger partial charge in [0.05, 0.1) is 18.9 Å². The van der Waals surface area contributed by atoms with Gasteiger partial charge in [-0.05, 0) is 40.8 Å². The molecule has 1 aromatic heterocycles. The van der Waals surface area contributed by atoms with E-state index in [-0.39, 0.29) is 5.69 Å². The number of hydrogen-bond acceptors (Lipinski definition) is 5. The number of nitrogens with one attached hydrogen (secondary N) is 1. The number of pyridine rings is 1. The fourth-order valence-electron chi connectivity index (χ4n) is 2.81. The first-order chi connectivity index (χ1) is 13.0. The summed E-state index contributed by atoms with van der Waals surface area (Å²) in [5.41, 5.74) is 8.47. The number of rotatable bonds is 6. The Morgan fingerprint density at radius 1 is 1.26 bits per heavy atom. The maximum absolute atomic E-state index is 11.4. The molecule has 0 unspecified atom stereocenters. The second-order valence-corrected chi connectivity index (χ2v) is 5.94. The lowest BCUT2D eigenvalue weighted by Crippen LogP contribution is -2.12. The van der Waals surface area contributed by atoms with Crippen LogP contribution in [0.4, 0.5) is 5.69 Å². The molecule has 0 aliphatic rings. The molecule has 0 bridgehead atoms. The summed E-state index contributed by atoms with van der Waals surface area (Å²) < 4.78 is 5.47. The Bertz CT molecular complexity index is 1080. The fourth-order valence-corrected chi connectivity index (χ4v) is 2.81. The van der Waals surface area contributed by atoms with Crippen LogP contribution in [0.25, 0.3) is 21.9 Å². The number of hydrogen-bond donors (Lipinski definition) is 2. The zero-order valence-corrected chi connectivity index (χ0v) is 14.8. The van der Waals surface area contributed by atoms with Crippen molar-refractivity contribution in [1.29, 1.82) is 5.26 Å². The first-order valence-electron chi connectivity index (χ1n) is 8.22. The zero-order chi connectivity index (χ0) is 19.4. The number of carbonyl (C=O) groups excluding carboxylic acids is 1. The summed E-state index contributed by atoms with van der Waals surface area (Å²) in [6, 6.07) is 15.3. The van der Waals surface area contributed by atoms with E-state index in [1.807, 2.05) is 42.5 Å². The number of amides is 1. The van der Waals surface area contributed by atoms with Gasteiger partial charge in [-0.1, -0.05) is 24.8 Å². The van der Waals surface area contributed by atoms with Gasteiger partial charge in [-0.15, -0.1) is 0 Å². The molecule has 0 saturated carbocycles. The van der Waals surface area contributed by atoms with E-state index in [0.29, 0.717) is 17.9 Å². The van der Waals surface area contributed by atoms with Gasteiger partial charge in [0, 0.05) is 23.7 Å². The van der Waals surface area contributed by atoms with Crippen molar-refractivity contribution < 1.29 is 9.53 Å². The van der Waals surface area contributed by atoms with Gasteiger partial charge in [0.15, 0.2) is 0 Å². The van der Waals surface area contributed by atoms with E-state index in [2.05, 4.69) is 16.9 Å². The molecule has 0 aliphatic heterocycles. The molecule has 1 amide bonds. The monoisotopic (exact) mass is 358 g/mol. The van der Waals surface area contributed by atoms with Gasteiger partial charge >= 0.3 is 0 Å². The summed E-state index contributed by atoms with van der Waals surface area (Å²) >= 11 is 0. The number of methoxy groups -OCH3 is 1. The Balaban J connectivity index is 2.12. The predicted octanol–water partition coefficient (Wildman–Crippen LogP) is 3.50. The van der Waals surface area contributed by atoms with Crippen molar-refractivity contribution in [2.24, 2.45) is 5.73 Å². The average molecular weight is 358 g/mol. The first-order valence-corrected chi connectivity index (χ1v) is 8.22.